The number of hydrogen-bond donors (Lipinski definition) is 1. The van der Waals surface area contributed by atoms with Gasteiger partial charge >= 0.3 is 0 Å². The van der Waals surface area contributed by atoms with Crippen molar-refractivity contribution in [1.29, 1.82) is 0 Å². The molecule has 1 aromatic carbocycles. The Bertz CT molecular complexity index is 396. The minimum absolute atomic E-state index is 0.00579. The molecule has 0 aliphatic heterocycles. The average molecular weight is 314 g/mol. The van der Waals surface area contributed by atoms with Crippen molar-refractivity contribution in [2.24, 2.45) is 5.92 Å². The molecular formula is C17H28ClNO2. The van der Waals surface area contributed by atoms with Gasteiger partial charge < -0.3 is 14.8 Å². The second-order valence-corrected chi connectivity index (χ2v) is 6.38. The lowest BCUT2D eigenvalue weighted by Gasteiger charge is -2.21. The standard InChI is InChI=1S/C17H28ClNO2/c1-13(2)12-20-8-9-21-17(11-19-14(3)4)15-6-5-7-16(18)10-15/h5-7,10,13-14,17,19H,8-9,11-12H2,1-4H3. The van der Waals surface area contributed by atoms with Gasteiger partial charge in [-0.25, -0.2) is 0 Å². The van der Waals surface area contributed by atoms with Crippen LogP contribution < -0.4 is 5.32 Å². The molecule has 0 bridgehead atoms. The average Bonchev–Trinajstić information content (AvgIpc) is 2.41. The first-order chi connectivity index (χ1) is 9.99. The van der Waals surface area contributed by atoms with Crippen molar-refractivity contribution in [3.63, 3.8) is 0 Å². The van der Waals surface area contributed by atoms with E-state index in [-0.39, 0.29) is 6.10 Å². The van der Waals surface area contributed by atoms with Crippen LogP contribution in [0.25, 0.3) is 0 Å². The highest BCUT2D eigenvalue weighted by Crippen LogP contribution is 2.20. The van der Waals surface area contributed by atoms with Crippen LogP contribution in [0.15, 0.2) is 24.3 Å². The Hall–Kier alpha value is -0.610. The van der Waals surface area contributed by atoms with E-state index in [1.165, 1.54) is 0 Å². The molecule has 0 aliphatic carbocycles. The molecule has 120 valence electrons. The summed E-state index contributed by atoms with van der Waals surface area (Å²) in [7, 11) is 0. The maximum absolute atomic E-state index is 6.07. The number of hydrogen-bond acceptors (Lipinski definition) is 3. The molecule has 0 fully saturated rings. The van der Waals surface area contributed by atoms with Crippen LogP contribution in [0.3, 0.4) is 0 Å². The largest absolute Gasteiger partial charge is 0.379 e. The summed E-state index contributed by atoms with van der Waals surface area (Å²) in [5.74, 6) is 0.552. The molecule has 0 heterocycles. The van der Waals surface area contributed by atoms with E-state index in [0.717, 1.165) is 23.7 Å². The fraction of sp³-hybridized carbons (Fsp3) is 0.647. The van der Waals surface area contributed by atoms with E-state index in [1.54, 1.807) is 0 Å². The van der Waals surface area contributed by atoms with Gasteiger partial charge in [-0.15, -0.1) is 0 Å². The van der Waals surface area contributed by atoms with Gasteiger partial charge in [-0.05, 0) is 23.6 Å². The maximum Gasteiger partial charge on any atom is 0.0950 e. The SMILES string of the molecule is CC(C)COCCOC(CNC(C)C)c1cccc(Cl)c1. The summed E-state index contributed by atoms with van der Waals surface area (Å²) < 4.78 is 11.5. The minimum Gasteiger partial charge on any atom is -0.379 e. The number of nitrogens with one attached hydrogen (secondary N) is 1. The molecule has 0 spiro atoms. The van der Waals surface area contributed by atoms with E-state index in [1.807, 2.05) is 24.3 Å². The summed E-state index contributed by atoms with van der Waals surface area (Å²) in [5.41, 5.74) is 1.10. The Morgan fingerprint density at radius 3 is 2.52 bits per heavy atom. The van der Waals surface area contributed by atoms with Crippen LogP contribution in [0.4, 0.5) is 0 Å². The number of rotatable bonds is 10. The van der Waals surface area contributed by atoms with Gasteiger partial charge in [0.25, 0.3) is 0 Å². The molecule has 4 heteroatoms. The van der Waals surface area contributed by atoms with Crippen LogP contribution in [0.1, 0.15) is 39.4 Å². The fourth-order valence-electron chi connectivity index (χ4n) is 1.89. The van der Waals surface area contributed by atoms with Gasteiger partial charge in [0.15, 0.2) is 0 Å². The summed E-state index contributed by atoms with van der Waals surface area (Å²) in [4.78, 5) is 0. The Kier molecular flexibility index (Phi) is 8.93. The molecule has 0 saturated heterocycles. The first-order valence-corrected chi connectivity index (χ1v) is 8.05. The summed E-state index contributed by atoms with van der Waals surface area (Å²) >= 11 is 6.07. The van der Waals surface area contributed by atoms with Crippen LogP contribution in [0.5, 0.6) is 0 Å². The highest BCUT2D eigenvalue weighted by Gasteiger charge is 2.13. The molecule has 0 amide bonds. The van der Waals surface area contributed by atoms with Crippen LogP contribution >= 0.6 is 11.6 Å². The number of benzene rings is 1. The third-order valence-corrected chi connectivity index (χ3v) is 3.16. The summed E-state index contributed by atoms with van der Waals surface area (Å²) in [6.45, 7) is 11.3. The van der Waals surface area contributed by atoms with E-state index in [2.05, 4.69) is 33.0 Å². The van der Waals surface area contributed by atoms with Crippen molar-refractivity contribution >= 4 is 11.6 Å². The van der Waals surface area contributed by atoms with Crippen molar-refractivity contribution in [2.45, 2.75) is 39.8 Å². The molecule has 3 nitrogen and oxygen atoms in total. The van der Waals surface area contributed by atoms with Gasteiger partial charge in [-0.1, -0.05) is 51.4 Å². The van der Waals surface area contributed by atoms with E-state index >= 15 is 0 Å². The number of ether oxygens (including phenoxy) is 2. The molecule has 21 heavy (non-hydrogen) atoms. The first-order valence-electron chi connectivity index (χ1n) is 7.67. The van der Waals surface area contributed by atoms with E-state index in [4.69, 9.17) is 21.1 Å². The molecule has 1 unspecified atom stereocenters. The van der Waals surface area contributed by atoms with Gasteiger partial charge in [0.2, 0.25) is 0 Å². The van der Waals surface area contributed by atoms with E-state index < -0.39 is 0 Å². The van der Waals surface area contributed by atoms with Crippen LogP contribution in [-0.2, 0) is 9.47 Å². The fourth-order valence-corrected chi connectivity index (χ4v) is 2.09. The molecule has 0 aliphatic rings. The third-order valence-electron chi connectivity index (χ3n) is 2.93. The Labute approximate surface area is 134 Å². The summed E-state index contributed by atoms with van der Waals surface area (Å²) in [5, 5.41) is 4.15. The van der Waals surface area contributed by atoms with Crippen molar-refractivity contribution in [1.82, 2.24) is 5.32 Å². The molecule has 1 aromatic rings. The lowest BCUT2D eigenvalue weighted by molar-refractivity contribution is -0.00190. The molecule has 1 atom stereocenters. The van der Waals surface area contributed by atoms with Gasteiger partial charge in [0, 0.05) is 24.2 Å². The Morgan fingerprint density at radius 2 is 1.90 bits per heavy atom. The van der Waals surface area contributed by atoms with Gasteiger partial charge in [-0.3, -0.25) is 0 Å². The highest BCUT2D eigenvalue weighted by atomic mass is 35.5. The second-order valence-electron chi connectivity index (χ2n) is 5.95. The normalized spacial score (nSPS) is 13.1. The monoisotopic (exact) mass is 313 g/mol. The van der Waals surface area contributed by atoms with Gasteiger partial charge in [0.1, 0.15) is 0 Å². The first kappa shape index (κ1) is 18.4. The number of halogens is 1. The predicted molar refractivity (Wildman–Crippen MR) is 88.9 cm³/mol. The lowest BCUT2D eigenvalue weighted by Crippen LogP contribution is -2.29. The Balaban J connectivity index is 2.48. The molecular weight excluding hydrogens is 286 g/mol. The summed E-state index contributed by atoms with van der Waals surface area (Å²) in [6.07, 6.45) is -0.00579. The zero-order valence-electron chi connectivity index (χ0n) is 13.6. The molecule has 1 rings (SSSR count). The second kappa shape index (κ2) is 10.2. The minimum atomic E-state index is -0.00579. The smallest absolute Gasteiger partial charge is 0.0950 e. The topological polar surface area (TPSA) is 30.5 Å². The van der Waals surface area contributed by atoms with Crippen LogP contribution in [0, 0.1) is 5.92 Å². The highest BCUT2D eigenvalue weighted by molar-refractivity contribution is 6.30. The predicted octanol–water partition coefficient (Wildman–Crippen LogP) is 4.07. The third kappa shape index (κ3) is 8.42. The zero-order valence-corrected chi connectivity index (χ0v) is 14.3. The van der Waals surface area contributed by atoms with Crippen LogP contribution in [0.2, 0.25) is 5.02 Å². The molecule has 0 radical (unpaired) electrons. The molecule has 0 aromatic heterocycles. The van der Waals surface area contributed by atoms with E-state index in [9.17, 15) is 0 Å². The molecule has 1 N–H and O–H groups in total. The van der Waals surface area contributed by atoms with Gasteiger partial charge in [-0.2, -0.15) is 0 Å². The zero-order chi connectivity index (χ0) is 15.7. The Morgan fingerprint density at radius 1 is 1.14 bits per heavy atom. The van der Waals surface area contributed by atoms with Crippen molar-refractivity contribution in [2.75, 3.05) is 26.4 Å². The van der Waals surface area contributed by atoms with Crippen molar-refractivity contribution in [3.05, 3.63) is 34.9 Å². The lowest BCUT2D eigenvalue weighted by atomic mass is 10.1. The quantitative estimate of drug-likeness (QED) is 0.661. The van der Waals surface area contributed by atoms with Crippen molar-refractivity contribution < 1.29 is 9.47 Å². The van der Waals surface area contributed by atoms with Crippen LogP contribution in [-0.4, -0.2) is 32.4 Å². The molecule has 0 saturated carbocycles. The summed E-state index contributed by atoms with van der Waals surface area (Å²) in [6, 6.07) is 8.27. The van der Waals surface area contributed by atoms with Gasteiger partial charge in [0.05, 0.1) is 19.3 Å². The van der Waals surface area contributed by atoms with Crippen molar-refractivity contribution in [3.8, 4) is 0 Å². The maximum atomic E-state index is 6.07. The van der Waals surface area contributed by atoms with E-state index in [0.29, 0.717) is 25.2 Å².